The maximum Gasteiger partial charge on any atom is 0.408 e. The Morgan fingerprint density at radius 1 is 1.14 bits per heavy atom. The van der Waals surface area contributed by atoms with Crippen LogP contribution in [0, 0.1) is 5.92 Å². The van der Waals surface area contributed by atoms with Crippen molar-refractivity contribution < 1.29 is 33.7 Å². The van der Waals surface area contributed by atoms with E-state index in [1.165, 1.54) is 6.92 Å². The van der Waals surface area contributed by atoms with Gasteiger partial charge in [0.15, 0.2) is 0 Å². The lowest BCUT2D eigenvalue weighted by molar-refractivity contribution is -0.149. The van der Waals surface area contributed by atoms with E-state index in [-0.39, 0.29) is 18.9 Å². The van der Waals surface area contributed by atoms with Crippen LogP contribution in [-0.4, -0.2) is 54.0 Å². The molecule has 1 aromatic carbocycles. The highest BCUT2D eigenvalue weighted by Gasteiger charge is 2.30. The molecule has 2 amide bonds. The van der Waals surface area contributed by atoms with Crippen LogP contribution >= 0.6 is 11.6 Å². The fraction of sp³-hybridized carbons (Fsp3) is 0.560. The summed E-state index contributed by atoms with van der Waals surface area (Å²) in [5.41, 5.74) is 0.0403. The second kappa shape index (κ2) is 12.8. The molecule has 2 rings (SSSR count). The number of esters is 1. The van der Waals surface area contributed by atoms with Crippen LogP contribution in [-0.2, 0) is 25.7 Å². The predicted octanol–water partition coefficient (Wildman–Crippen LogP) is 3.42. The highest BCUT2D eigenvalue weighted by Crippen LogP contribution is 2.29. The third-order valence-electron chi connectivity index (χ3n) is 5.33. The molecule has 0 aromatic heterocycles. The summed E-state index contributed by atoms with van der Waals surface area (Å²) in [7, 11) is 1.56. The average Bonchev–Trinajstić information content (AvgIpc) is 2.78. The van der Waals surface area contributed by atoms with Crippen molar-refractivity contribution in [3.8, 4) is 5.75 Å². The molecular weight excluding hydrogens is 476 g/mol. The molecule has 0 radical (unpaired) electrons. The van der Waals surface area contributed by atoms with Crippen LogP contribution in [0.5, 0.6) is 5.75 Å². The van der Waals surface area contributed by atoms with Gasteiger partial charge in [-0.2, -0.15) is 0 Å². The van der Waals surface area contributed by atoms with Gasteiger partial charge in [0.2, 0.25) is 5.91 Å². The number of rotatable bonds is 9. The van der Waals surface area contributed by atoms with E-state index >= 15 is 0 Å². The fourth-order valence-corrected chi connectivity index (χ4v) is 3.74. The first-order valence-corrected chi connectivity index (χ1v) is 11.9. The second-order valence-corrected chi connectivity index (χ2v) is 9.96. The highest BCUT2D eigenvalue weighted by molar-refractivity contribution is 6.30. The van der Waals surface area contributed by atoms with Gasteiger partial charge in [-0.15, -0.1) is 0 Å². The van der Waals surface area contributed by atoms with Gasteiger partial charge in [0.05, 0.1) is 13.2 Å². The van der Waals surface area contributed by atoms with Gasteiger partial charge in [-0.25, -0.2) is 9.59 Å². The zero-order chi connectivity index (χ0) is 26.2. The van der Waals surface area contributed by atoms with Crippen LogP contribution in [0.15, 0.2) is 35.4 Å². The van der Waals surface area contributed by atoms with Crippen LogP contribution in [0.3, 0.4) is 0 Å². The summed E-state index contributed by atoms with van der Waals surface area (Å²) in [4.78, 5) is 37.7. The predicted molar refractivity (Wildman–Crippen MR) is 131 cm³/mol. The summed E-state index contributed by atoms with van der Waals surface area (Å²) in [6.07, 6.45) is 1.53. The van der Waals surface area contributed by atoms with Gasteiger partial charge in [0, 0.05) is 5.03 Å². The zero-order valence-electron chi connectivity index (χ0n) is 20.8. The summed E-state index contributed by atoms with van der Waals surface area (Å²) in [6, 6.07) is 5.13. The molecule has 0 aliphatic heterocycles. The number of aliphatic hydroxyl groups excluding tert-OH is 1. The Kier molecular flexibility index (Phi) is 10.4. The third-order valence-corrected chi connectivity index (χ3v) is 5.71. The Hall–Kier alpha value is -2.78. The molecule has 1 aliphatic rings. The molecule has 0 bridgehead atoms. The van der Waals surface area contributed by atoms with E-state index in [0.717, 1.165) is 5.56 Å². The zero-order valence-corrected chi connectivity index (χ0v) is 21.6. The maximum atomic E-state index is 13.0. The van der Waals surface area contributed by atoms with Crippen LogP contribution < -0.4 is 15.4 Å². The van der Waals surface area contributed by atoms with Gasteiger partial charge in [-0.3, -0.25) is 4.79 Å². The molecule has 0 fully saturated rings. The lowest BCUT2D eigenvalue weighted by Gasteiger charge is -2.27. The van der Waals surface area contributed by atoms with Crippen LogP contribution in [0.25, 0.3) is 0 Å². The molecule has 0 saturated carbocycles. The number of methoxy groups -OCH3 is 1. The van der Waals surface area contributed by atoms with Crippen molar-refractivity contribution in [2.24, 2.45) is 5.92 Å². The summed E-state index contributed by atoms with van der Waals surface area (Å²) >= 11 is 6.09. The minimum absolute atomic E-state index is 0.0148. The molecule has 194 valence electrons. The van der Waals surface area contributed by atoms with E-state index in [0.29, 0.717) is 23.6 Å². The Labute approximate surface area is 211 Å². The number of nitrogens with one attached hydrogen (secondary N) is 2. The number of carbonyl (C=O) groups is 3. The molecule has 1 aliphatic carbocycles. The Bertz CT molecular complexity index is 911. The van der Waals surface area contributed by atoms with E-state index in [2.05, 4.69) is 10.6 Å². The Morgan fingerprint density at radius 3 is 2.37 bits per heavy atom. The SMILES string of the molecule is COc1ccc(COC(=O)[C@H](C[C@@H]2C=C(Cl)C(O)CC2)NC(=O)[C@H](C)NC(=O)OC(C)(C)C)cc1. The highest BCUT2D eigenvalue weighted by atomic mass is 35.5. The van der Waals surface area contributed by atoms with E-state index < -0.39 is 41.8 Å². The first-order chi connectivity index (χ1) is 16.4. The monoisotopic (exact) mass is 510 g/mol. The van der Waals surface area contributed by atoms with E-state index in [9.17, 15) is 19.5 Å². The third kappa shape index (κ3) is 9.78. The van der Waals surface area contributed by atoms with Gasteiger partial charge in [-0.1, -0.05) is 29.8 Å². The van der Waals surface area contributed by atoms with Crippen LogP contribution in [0.1, 0.15) is 52.5 Å². The molecule has 0 saturated heterocycles. The van der Waals surface area contributed by atoms with Gasteiger partial charge in [0.1, 0.15) is 30.0 Å². The summed E-state index contributed by atoms with van der Waals surface area (Å²) < 4.78 is 15.8. The smallest absolute Gasteiger partial charge is 0.408 e. The largest absolute Gasteiger partial charge is 0.497 e. The number of carbonyl (C=O) groups excluding carboxylic acids is 3. The fourth-order valence-electron chi connectivity index (χ4n) is 3.46. The Morgan fingerprint density at radius 2 is 1.80 bits per heavy atom. The first-order valence-electron chi connectivity index (χ1n) is 11.5. The van der Waals surface area contributed by atoms with E-state index in [1.807, 2.05) is 0 Å². The van der Waals surface area contributed by atoms with Gasteiger partial charge in [0.25, 0.3) is 0 Å². The number of alkyl carbamates (subject to hydrolysis) is 1. The molecular formula is C25H35ClN2O7. The number of halogens is 1. The minimum Gasteiger partial charge on any atom is -0.497 e. The molecule has 1 unspecified atom stereocenters. The topological polar surface area (TPSA) is 123 Å². The Balaban J connectivity index is 2.06. The first kappa shape index (κ1) is 28.5. The lowest BCUT2D eigenvalue weighted by atomic mass is 9.88. The van der Waals surface area contributed by atoms with Crippen molar-refractivity contribution in [2.45, 2.75) is 77.4 Å². The van der Waals surface area contributed by atoms with Crippen LogP contribution in [0.2, 0.25) is 0 Å². The number of allylic oxidation sites excluding steroid dienone is 1. The number of ether oxygens (including phenoxy) is 3. The quantitative estimate of drug-likeness (QED) is 0.435. The van der Waals surface area contributed by atoms with Crippen molar-refractivity contribution >= 4 is 29.6 Å². The number of hydrogen-bond donors (Lipinski definition) is 3. The molecule has 10 heteroatoms. The normalized spacial score (nSPS) is 19.6. The minimum atomic E-state index is -0.982. The van der Waals surface area contributed by atoms with Crippen molar-refractivity contribution in [1.82, 2.24) is 10.6 Å². The second-order valence-electron chi connectivity index (χ2n) is 9.53. The number of amides is 2. The van der Waals surface area contributed by atoms with Crippen molar-refractivity contribution in [2.75, 3.05) is 7.11 Å². The molecule has 0 heterocycles. The summed E-state index contributed by atoms with van der Waals surface area (Å²) in [6.45, 7) is 6.65. The van der Waals surface area contributed by atoms with E-state index in [4.69, 9.17) is 25.8 Å². The number of benzene rings is 1. The summed E-state index contributed by atoms with van der Waals surface area (Å²) in [5.74, 6) is -0.638. The number of hydrogen-bond acceptors (Lipinski definition) is 7. The molecule has 0 spiro atoms. The number of aliphatic hydroxyl groups is 1. The van der Waals surface area contributed by atoms with Gasteiger partial charge in [-0.05, 0) is 70.6 Å². The van der Waals surface area contributed by atoms with Gasteiger partial charge >= 0.3 is 12.1 Å². The summed E-state index contributed by atoms with van der Waals surface area (Å²) in [5, 5.41) is 15.3. The van der Waals surface area contributed by atoms with Gasteiger partial charge < -0.3 is 30.0 Å². The molecule has 3 N–H and O–H groups in total. The maximum absolute atomic E-state index is 13.0. The van der Waals surface area contributed by atoms with Crippen molar-refractivity contribution in [3.05, 3.63) is 40.9 Å². The molecule has 9 nitrogen and oxygen atoms in total. The lowest BCUT2D eigenvalue weighted by Crippen LogP contribution is -2.51. The molecule has 1 aromatic rings. The average molecular weight is 511 g/mol. The van der Waals surface area contributed by atoms with Crippen LogP contribution in [0.4, 0.5) is 4.79 Å². The molecule has 35 heavy (non-hydrogen) atoms. The van der Waals surface area contributed by atoms with Crippen molar-refractivity contribution in [1.29, 1.82) is 0 Å². The molecule has 4 atom stereocenters. The standard InChI is InChI=1S/C25H35ClN2O7/c1-15(27-24(32)35-25(2,3)4)22(30)28-20(13-17-8-11-21(29)19(26)12-17)23(31)34-14-16-6-9-18(33-5)10-7-16/h6-7,9-10,12,15,17,20-21,29H,8,11,13-14H2,1-5H3,(H,27,32)(H,28,30)/t15-,17-,20-,21?/m0/s1. The van der Waals surface area contributed by atoms with E-state index in [1.54, 1.807) is 58.2 Å². The van der Waals surface area contributed by atoms with Crippen molar-refractivity contribution in [3.63, 3.8) is 0 Å².